The Balaban J connectivity index is 1.23. The van der Waals surface area contributed by atoms with Gasteiger partial charge in [0.05, 0.1) is 34.0 Å². The zero-order valence-electron chi connectivity index (χ0n) is 23.5. The number of hydrogen-bond acceptors (Lipinski definition) is 2. The van der Waals surface area contributed by atoms with Crippen molar-refractivity contribution in [3.8, 4) is 28.1 Å². The second kappa shape index (κ2) is 9.50. The zero-order valence-corrected chi connectivity index (χ0v) is 23.5. The quantitative estimate of drug-likeness (QED) is 0.205. The molecule has 0 spiro atoms. The van der Waals surface area contributed by atoms with E-state index in [9.17, 15) is 0 Å². The molecule has 0 fully saturated rings. The number of aromatic nitrogens is 3. The molecular weight excluding hydrogens is 522 g/mol. The van der Waals surface area contributed by atoms with E-state index in [2.05, 4.69) is 138 Å². The molecule has 3 heteroatoms. The van der Waals surface area contributed by atoms with Crippen LogP contribution in [0.25, 0.3) is 77.8 Å². The van der Waals surface area contributed by atoms with Crippen LogP contribution in [0.3, 0.4) is 0 Å². The molecule has 8 aromatic rings. The molecule has 43 heavy (non-hydrogen) atoms. The maximum atomic E-state index is 5.27. The minimum atomic E-state index is 0.881. The lowest BCUT2D eigenvalue weighted by atomic mass is 9.90. The molecule has 0 aliphatic heterocycles. The van der Waals surface area contributed by atoms with Crippen LogP contribution in [0.4, 0.5) is 0 Å². The molecule has 0 atom stereocenters. The number of para-hydroxylation sites is 1. The molecule has 2 heterocycles. The lowest BCUT2D eigenvalue weighted by Gasteiger charge is -2.17. The fraction of sp³-hybridized carbons (Fsp3) is 0.0500. The molecule has 1 aliphatic rings. The summed E-state index contributed by atoms with van der Waals surface area (Å²) in [5.41, 5.74) is 12.4. The minimum Gasteiger partial charge on any atom is -0.309 e. The number of nitrogens with zero attached hydrogens (tertiary/aromatic N) is 3. The van der Waals surface area contributed by atoms with Gasteiger partial charge in [-0.2, -0.15) is 0 Å². The van der Waals surface area contributed by atoms with E-state index in [1.165, 1.54) is 54.8 Å². The Morgan fingerprint density at radius 2 is 1.33 bits per heavy atom. The molecule has 1 aliphatic carbocycles. The van der Waals surface area contributed by atoms with E-state index in [0.717, 1.165) is 40.8 Å². The van der Waals surface area contributed by atoms with Gasteiger partial charge in [-0.3, -0.25) is 4.98 Å². The van der Waals surface area contributed by atoms with Crippen LogP contribution in [-0.2, 0) is 6.42 Å². The molecule has 0 unspecified atom stereocenters. The highest BCUT2D eigenvalue weighted by atomic mass is 15.0. The van der Waals surface area contributed by atoms with Gasteiger partial charge >= 0.3 is 0 Å². The Bertz CT molecular complexity index is 2400. The molecule has 202 valence electrons. The van der Waals surface area contributed by atoms with Crippen molar-refractivity contribution in [2.24, 2.45) is 0 Å². The van der Waals surface area contributed by atoms with Gasteiger partial charge in [-0.15, -0.1) is 0 Å². The van der Waals surface area contributed by atoms with Crippen LogP contribution in [0.1, 0.15) is 17.5 Å². The van der Waals surface area contributed by atoms with Gasteiger partial charge in [0, 0.05) is 33.0 Å². The van der Waals surface area contributed by atoms with Crippen molar-refractivity contribution in [2.45, 2.75) is 12.8 Å². The van der Waals surface area contributed by atoms with Crippen molar-refractivity contribution < 1.29 is 0 Å². The highest BCUT2D eigenvalue weighted by Crippen LogP contribution is 2.38. The van der Waals surface area contributed by atoms with Gasteiger partial charge in [0.1, 0.15) is 0 Å². The Labute approximate surface area is 249 Å². The fourth-order valence-electron chi connectivity index (χ4n) is 6.90. The van der Waals surface area contributed by atoms with E-state index >= 15 is 0 Å². The first kappa shape index (κ1) is 24.1. The number of fused-ring (bicyclic) bond motifs is 9. The maximum Gasteiger partial charge on any atom is 0.0979 e. The third-order valence-corrected chi connectivity index (χ3v) is 8.89. The summed E-state index contributed by atoms with van der Waals surface area (Å²) < 4.78 is 2.37. The van der Waals surface area contributed by atoms with Crippen molar-refractivity contribution >= 4 is 49.7 Å². The van der Waals surface area contributed by atoms with Crippen LogP contribution in [0.2, 0.25) is 0 Å². The average Bonchev–Trinajstić information content (AvgIpc) is 3.42. The van der Waals surface area contributed by atoms with Gasteiger partial charge in [-0.25, -0.2) is 4.98 Å². The molecule has 0 saturated carbocycles. The Hall–Kier alpha value is -5.54. The van der Waals surface area contributed by atoms with Gasteiger partial charge in [-0.05, 0) is 65.3 Å². The van der Waals surface area contributed by atoms with Gasteiger partial charge in [-0.1, -0.05) is 103 Å². The molecule has 0 bridgehead atoms. The van der Waals surface area contributed by atoms with Crippen molar-refractivity contribution in [3.63, 3.8) is 0 Å². The summed E-state index contributed by atoms with van der Waals surface area (Å²) in [6.45, 7) is 0. The average molecular weight is 550 g/mol. The van der Waals surface area contributed by atoms with Crippen molar-refractivity contribution in [3.05, 3.63) is 145 Å². The number of hydrogen-bond donors (Lipinski definition) is 0. The van der Waals surface area contributed by atoms with Crippen LogP contribution < -0.4 is 0 Å². The predicted molar refractivity (Wildman–Crippen MR) is 180 cm³/mol. The van der Waals surface area contributed by atoms with E-state index < -0.39 is 0 Å². The van der Waals surface area contributed by atoms with Gasteiger partial charge in [0.2, 0.25) is 0 Å². The molecule has 0 amide bonds. The SMILES string of the molecule is C1=Cc2c(c3ccccc3c3nc(-c4cccc(-n5c6ccccc6c6cc(-c7ccccc7)ccc65)c4)cnc23)CC1. The third kappa shape index (κ3) is 3.75. The second-order valence-corrected chi connectivity index (χ2v) is 11.3. The summed E-state index contributed by atoms with van der Waals surface area (Å²) in [5.74, 6) is 0. The van der Waals surface area contributed by atoms with Crippen molar-refractivity contribution in [1.82, 2.24) is 14.5 Å². The molecule has 0 radical (unpaired) electrons. The monoisotopic (exact) mass is 549 g/mol. The first-order chi connectivity index (χ1) is 21.3. The van der Waals surface area contributed by atoms with E-state index in [0.29, 0.717) is 0 Å². The number of aryl methyl sites for hydroxylation is 1. The number of benzene rings is 6. The molecule has 9 rings (SSSR count). The van der Waals surface area contributed by atoms with E-state index in [4.69, 9.17) is 9.97 Å². The molecule has 0 N–H and O–H groups in total. The van der Waals surface area contributed by atoms with Crippen LogP contribution in [-0.4, -0.2) is 14.5 Å². The Morgan fingerprint density at radius 3 is 2.23 bits per heavy atom. The first-order valence-corrected chi connectivity index (χ1v) is 14.9. The highest BCUT2D eigenvalue weighted by molar-refractivity contribution is 6.11. The Kier molecular flexibility index (Phi) is 5.32. The van der Waals surface area contributed by atoms with E-state index in [1.54, 1.807) is 0 Å². The van der Waals surface area contributed by atoms with Crippen molar-refractivity contribution in [1.29, 1.82) is 0 Å². The molecular formula is C40H27N3. The molecule has 3 nitrogen and oxygen atoms in total. The molecule has 0 saturated heterocycles. The lowest BCUT2D eigenvalue weighted by molar-refractivity contribution is 0.998. The van der Waals surface area contributed by atoms with Gasteiger partial charge in [0.15, 0.2) is 0 Å². The predicted octanol–water partition coefficient (Wildman–Crippen LogP) is 10.2. The lowest BCUT2D eigenvalue weighted by Crippen LogP contribution is -2.01. The normalized spacial score (nSPS) is 12.8. The summed E-state index contributed by atoms with van der Waals surface area (Å²) in [4.78, 5) is 10.3. The van der Waals surface area contributed by atoms with Crippen LogP contribution in [0, 0.1) is 0 Å². The maximum absolute atomic E-state index is 5.27. The second-order valence-electron chi connectivity index (χ2n) is 11.3. The topological polar surface area (TPSA) is 30.7 Å². The summed E-state index contributed by atoms with van der Waals surface area (Å²) in [6, 6.07) is 43.4. The summed E-state index contributed by atoms with van der Waals surface area (Å²) in [5, 5.41) is 4.95. The van der Waals surface area contributed by atoms with Crippen LogP contribution in [0.5, 0.6) is 0 Å². The number of allylic oxidation sites excluding steroid dienone is 1. The molecule has 6 aromatic carbocycles. The van der Waals surface area contributed by atoms with Crippen LogP contribution in [0.15, 0.2) is 134 Å². The summed E-state index contributed by atoms with van der Waals surface area (Å²) in [7, 11) is 0. The van der Waals surface area contributed by atoms with E-state index in [-0.39, 0.29) is 0 Å². The highest BCUT2D eigenvalue weighted by Gasteiger charge is 2.18. The van der Waals surface area contributed by atoms with Crippen molar-refractivity contribution in [2.75, 3.05) is 0 Å². The largest absolute Gasteiger partial charge is 0.309 e. The smallest absolute Gasteiger partial charge is 0.0979 e. The van der Waals surface area contributed by atoms with Gasteiger partial charge in [0.25, 0.3) is 0 Å². The summed E-state index contributed by atoms with van der Waals surface area (Å²) in [6.07, 6.45) is 8.53. The Morgan fingerprint density at radius 1 is 0.558 bits per heavy atom. The molecule has 2 aromatic heterocycles. The number of rotatable bonds is 3. The fourth-order valence-corrected chi connectivity index (χ4v) is 6.90. The van der Waals surface area contributed by atoms with Gasteiger partial charge < -0.3 is 4.57 Å². The van der Waals surface area contributed by atoms with Crippen LogP contribution >= 0.6 is 0 Å². The van der Waals surface area contributed by atoms with E-state index in [1.807, 2.05) is 6.20 Å². The standard InChI is InChI=1S/C40H27N3/c1-2-11-26(12-3-1)27-21-22-38-35(24-27)32-17-8-9-20-37(32)43(38)29-14-10-13-28(23-29)36-25-41-39-33-18-6-4-15-30(33)31-16-5-7-19-34(31)40(39)42-36/h1-3,5-14,16-25H,4,15H2. The first-order valence-electron chi connectivity index (χ1n) is 14.9. The zero-order chi connectivity index (χ0) is 28.3. The summed E-state index contributed by atoms with van der Waals surface area (Å²) >= 11 is 0. The minimum absolute atomic E-state index is 0.881. The third-order valence-electron chi connectivity index (χ3n) is 8.89.